The molecule has 0 saturated carbocycles. The molecule has 0 radical (unpaired) electrons. The molecule has 0 aromatic heterocycles. The van der Waals surface area contributed by atoms with Gasteiger partial charge in [0.15, 0.2) is 0 Å². The first-order valence-corrected chi connectivity index (χ1v) is 16.9. The molecule has 0 heterocycles. The molecular weight excluding hydrogens is 568 g/mol. The van der Waals surface area contributed by atoms with Gasteiger partial charge in [0.05, 0.1) is 40.0 Å². The number of carbonyl (C=O) groups excluding carboxylic acids is 1. The summed E-state index contributed by atoms with van der Waals surface area (Å²) in [6, 6.07) is 38.7. The summed E-state index contributed by atoms with van der Waals surface area (Å²) < 4.78 is 30.3. The number of ether oxygens (including phenoxy) is 4. The molecule has 4 aromatic carbocycles. The standard InChI is InChI=1S/C37H44O6Si/c1-37(2,3)44(32-17-11-7-12-18-32,33-19-13-8-14-20-33)43-27-35(42-28-41-26-29-15-9-6-10-16-29)34(25-36(38)40-5)30-21-23-31(39-4)24-22-30/h6-24,34-35H,25-28H2,1-5H3/t34-,35-/m1/s1. The molecule has 6 nitrogen and oxygen atoms in total. The first-order chi connectivity index (χ1) is 21.3. The Bertz CT molecular complexity index is 1370. The Morgan fingerprint density at radius 3 is 1.80 bits per heavy atom. The summed E-state index contributed by atoms with van der Waals surface area (Å²) in [6.45, 7) is 7.43. The van der Waals surface area contributed by atoms with Gasteiger partial charge in [0.2, 0.25) is 0 Å². The molecule has 0 bridgehead atoms. The van der Waals surface area contributed by atoms with Crippen molar-refractivity contribution in [3.05, 3.63) is 126 Å². The lowest BCUT2D eigenvalue weighted by atomic mass is 9.90. The first-order valence-electron chi connectivity index (χ1n) is 15.0. The summed E-state index contributed by atoms with van der Waals surface area (Å²) in [5.41, 5.74) is 1.98. The zero-order valence-corrected chi connectivity index (χ0v) is 27.4. The van der Waals surface area contributed by atoms with Crippen molar-refractivity contribution < 1.29 is 28.2 Å². The van der Waals surface area contributed by atoms with Crippen LogP contribution in [0.5, 0.6) is 5.75 Å². The third-order valence-electron chi connectivity index (χ3n) is 7.96. The van der Waals surface area contributed by atoms with E-state index in [0.717, 1.165) is 16.9 Å². The van der Waals surface area contributed by atoms with Crippen molar-refractivity contribution in [3.8, 4) is 5.75 Å². The summed E-state index contributed by atoms with van der Waals surface area (Å²) >= 11 is 0. The van der Waals surface area contributed by atoms with Crippen molar-refractivity contribution in [2.75, 3.05) is 27.6 Å². The van der Waals surface area contributed by atoms with Gasteiger partial charge in [-0.05, 0) is 38.7 Å². The maximum absolute atomic E-state index is 12.8. The van der Waals surface area contributed by atoms with E-state index in [1.165, 1.54) is 17.5 Å². The fraction of sp³-hybridized carbons (Fsp3) is 0.324. The Balaban J connectivity index is 1.71. The molecule has 0 fully saturated rings. The summed E-state index contributed by atoms with van der Waals surface area (Å²) in [5, 5.41) is 2.13. The highest BCUT2D eigenvalue weighted by Crippen LogP contribution is 2.38. The fourth-order valence-corrected chi connectivity index (χ4v) is 10.3. The van der Waals surface area contributed by atoms with Gasteiger partial charge in [-0.1, -0.05) is 124 Å². The van der Waals surface area contributed by atoms with Crippen LogP contribution in [0, 0.1) is 0 Å². The van der Waals surface area contributed by atoms with E-state index >= 15 is 0 Å². The lowest BCUT2D eigenvalue weighted by Gasteiger charge is -2.44. The second-order valence-corrected chi connectivity index (χ2v) is 16.1. The predicted octanol–water partition coefficient (Wildman–Crippen LogP) is 6.48. The lowest BCUT2D eigenvalue weighted by Crippen LogP contribution is -2.67. The number of rotatable bonds is 15. The van der Waals surface area contributed by atoms with Crippen LogP contribution in [0.4, 0.5) is 0 Å². The number of esters is 1. The van der Waals surface area contributed by atoms with Crippen LogP contribution < -0.4 is 15.1 Å². The highest BCUT2D eigenvalue weighted by molar-refractivity contribution is 6.99. The molecule has 4 aromatic rings. The fourth-order valence-electron chi connectivity index (χ4n) is 5.70. The third kappa shape index (κ3) is 8.24. The minimum absolute atomic E-state index is 0.0392. The van der Waals surface area contributed by atoms with E-state index in [9.17, 15) is 4.79 Å². The molecule has 0 aliphatic rings. The molecule has 0 amide bonds. The van der Waals surface area contributed by atoms with Crippen molar-refractivity contribution in [3.63, 3.8) is 0 Å². The molecular formula is C37H44O6Si. The van der Waals surface area contributed by atoms with Gasteiger partial charge in [-0.15, -0.1) is 0 Å². The van der Waals surface area contributed by atoms with Gasteiger partial charge >= 0.3 is 5.97 Å². The van der Waals surface area contributed by atoms with E-state index in [1.54, 1.807) is 7.11 Å². The summed E-state index contributed by atoms with van der Waals surface area (Å²) in [4.78, 5) is 12.8. The van der Waals surface area contributed by atoms with E-state index in [0.29, 0.717) is 6.61 Å². The van der Waals surface area contributed by atoms with Gasteiger partial charge in [0.25, 0.3) is 8.32 Å². The lowest BCUT2D eigenvalue weighted by molar-refractivity contribution is -0.145. The highest BCUT2D eigenvalue weighted by atomic mass is 28.4. The van der Waals surface area contributed by atoms with Crippen molar-refractivity contribution in [2.45, 2.75) is 50.9 Å². The van der Waals surface area contributed by atoms with Crippen LogP contribution in [0.1, 0.15) is 44.2 Å². The van der Waals surface area contributed by atoms with Crippen LogP contribution >= 0.6 is 0 Å². The summed E-state index contributed by atoms with van der Waals surface area (Å²) in [6.07, 6.45) is -0.393. The van der Waals surface area contributed by atoms with Crippen LogP contribution in [0.25, 0.3) is 0 Å². The molecule has 232 valence electrons. The number of methoxy groups -OCH3 is 2. The average Bonchev–Trinajstić information content (AvgIpc) is 3.05. The van der Waals surface area contributed by atoms with Crippen molar-refractivity contribution in [1.82, 2.24) is 0 Å². The Kier molecular flexibility index (Phi) is 11.9. The van der Waals surface area contributed by atoms with E-state index in [2.05, 4.69) is 69.3 Å². The van der Waals surface area contributed by atoms with Gasteiger partial charge in [-0.2, -0.15) is 0 Å². The molecule has 0 spiro atoms. The number of hydrogen-bond donors (Lipinski definition) is 0. The summed E-state index contributed by atoms with van der Waals surface area (Å²) in [7, 11) is 0.162. The quantitative estimate of drug-likeness (QED) is 0.0663. The van der Waals surface area contributed by atoms with Crippen molar-refractivity contribution in [2.24, 2.45) is 0 Å². The molecule has 0 saturated heterocycles. The third-order valence-corrected chi connectivity index (χ3v) is 13.0. The maximum atomic E-state index is 12.8. The van der Waals surface area contributed by atoms with Gasteiger partial charge in [-0.3, -0.25) is 4.79 Å². The topological polar surface area (TPSA) is 63.2 Å². The average molecular weight is 613 g/mol. The van der Waals surface area contributed by atoms with Crippen LogP contribution in [-0.2, 0) is 30.0 Å². The Morgan fingerprint density at radius 2 is 1.30 bits per heavy atom. The SMILES string of the molecule is COC(=O)C[C@H](c1ccc(OC)cc1)[C@@H](CO[Si](c1ccccc1)(c1ccccc1)C(C)(C)C)OCOCc1ccccc1. The maximum Gasteiger partial charge on any atom is 0.306 e. The largest absolute Gasteiger partial charge is 0.497 e. The van der Waals surface area contributed by atoms with E-state index in [4.69, 9.17) is 23.4 Å². The van der Waals surface area contributed by atoms with Crippen molar-refractivity contribution in [1.29, 1.82) is 0 Å². The molecule has 2 atom stereocenters. The second-order valence-electron chi connectivity index (χ2n) is 11.8. The van der Waals surface area contributed by atoms with Crippen LogP contribution in [0.2, 0.25) is 5.04 Å². The zero-order valence-electron chi connectivity index (χ0n) is 26.4. The number of carbonyl (C=O) groups is 1. The monoisotopic (exact) mass is 612 g/mol. The minimum atomic E-state index is -2.88. The first kappa shape index (κ1) is 33.1. The van der Waals surface area contributed by atoms with Gasteiger partial charge in [0.1, 0.15) is 12.5 Å². The number of hydrogen-bond acceptors (Lipinski definition) is 6. The molecule has 0 aliphatic carbocycles. The second kappa shape index (κ2) is 15.8. The normalized spacial score (nSPS) is 13.2. The van der Waals surface area contributed by atoms with Crippen LogP contribution in [-0.4, -0.2) is 48.0 Å². The van der Waals surface area contributed by atoms with E-state index in [1.807, 2.05) is 66.7 Å². The predicted molar refractivity (Wildman–Crippen MR) is 177 cm³/mol. The van der Waals surface area contributed by atoms with Crippen LogP contribution in [0.15, 0.2) is 115 Å². The molecule has 44 heavy (non-hydrogen) atoms. The Hall–Kier alpha value is -3.75. The van der Waals surface area contributed by atoms with E-state index < -0.39 is 14.4 Å². The summed E-state index contributed by atoms with van der Waals surface area (Å²) in [5.74, 6) is 0.0553. The Labute approximate surface area is 263 Å². The zero-order chi connectivity index (χ0) is 31.4. The molecule has 4 rings (SSSR count). The molecule has 7 heteroatoms. The van der Waals surface area contributed by atoms with E-state index in [-0.39, 0.29) is 36.7 Å². The number of benzene rings is 4. The molecule has 0 aliphatic heterocycles. The molecule has 0 N–H and O–H groups in total. The minimum Gasteiger partial charge on any atom is -0.497 e. The smallest absolute Gasteiger partial charge is 0.306 e. The highest BCUT2D eigenvalue weighted by Gasteiger charge is 2.50. The van der Waals surface area contributed by atoms with Gasteiger partial charge in [-0.25, -0.2) is 0 Å². The Morgan fingerprint density at radius 1 is 0.750 bits per heavy atom. The van der Waals surface area contributed by atoms with Gasteiger partial charge < -0.3 is 23.4 Å². The van der Waals surface area contributed by atoms with Crippen LogP contribution in [0.3, 0.4) is 0 Å². The van der Waals surface area contributed by atoms with Gasteiger partial charge in [0, 0.05) is 5.92 Å². The van der Waals surface area contributed by atoms with Crippen molar-refractivity contribution >= 4 is 24.7 Å². The molecule has 0 unspecified atom stereocenters.